The SMILES string of the molecule is Cc1cc(C)[n+](C(CO)CO)c(C)c1.F[B-](F)(F)F. The first-order chi connectivity index (χ1) is 8.60. The van der Waals surface area contributed by atoms with Crippen molar-refractivity contribution in [3.05, 3.63) is 29.1 Å². The molecule has 0 aliphatic carbocycles. The van der Waals surface area contributed by atoms with Crippen LogP contribution < -0.4 is 4.57 Å². The van der Waals surface area contributed by atoms with E-state index in [1.807, 2.05) is 37.5 Å². The third kappa shape index (κ3) is 7.12. The topological polar surface area (TPSA) is 44.3 Å². The van der Waals surface area contributed by atoms with Gasteiger partial charge in [0.2, 0.25) is 6.04 Å². The van der Waals surface area contributed by atoms with Gasteiger partial charge in [0.15, 0.2) is 11.4 Å². The maximum atomic E-state index is 9.75. The van der Waals surface area contributed by atoms with E-state index in [-0.39, 0.29) is 19.3 Å². The molecule has 0 saturated carbocycles. The van der Waals surface area contributed by atoms with Gasteiger partial charge in [-0.2, -0.15) is 4.57 Å². The summed E-state index contributed by atoms with van der Waals surface area (Å²) in [5, 5.41) is 18.2. The maximum Gasteiger partial charge on any atom is 0.673 e. The van der Waals surface area contributed by atoms with Gasteiger partial charge in [-0.1, -0.05) is 0 Å². The summed E-state index contributed by atoms with van der Waals surface area (Å²) in [4.78, 5) is 0. The molecule has 0 saturated heterocycles. The van der Waals surface area contributed by atoms with Gasteiger partial charge in [-0.25, -0.2) is 0 Å². The number of aryl methyl sites for hydroxylation is 3. The van der Waals surface area contributed by atoms with Crippen molar-refractivity contribution < 1.29 is 32.0 Å². The monoisotopic (exact) mass is 283 g/mol. The van der Waals surface area contributed by atoms with Crippen LogP contribution in [0.1, 0.15) is 23.0 Å². The zero-order valence-corrected chi connectivity index (χ0v) is 11.1. The second kappa shape index (κ2) is 7.45. The van der Waals surface area contributed by atoms with E-state index in [0.717, 1.165) is 11.4 Å². The molecule has 0 radical (unpaired) electrons. The fourth-order valence-corrected chi connectivity index (χ4v) is 1.91. The van der Waals surface area contributed by atoms with E-state index >= 15 is 0 Å². The molecular weight excluding hydrogens is 265 g/mol. The number of hydrogen-bond donors (Lipinski definition) is 2. The fourth-order valence-electron chi connectivity index (χ4n) is 1.91. The van der Waals surface area contributed by atoms with Gasteiger partial charge >= 0.3 is 7.25 Å². The molecule has 1 rings (SSSR count). The lowest BCUT2D eigenvalue weighted by Crippen LogP contribution is -2.48. The van der Waals surface area contributed by atoms with E-state index in [1.54, 1.807) is 0 Å². The van der Waals surface area contributed by atoms with E-state index in [9.17, 15) is 17.3 Å². The van der Waals surface area contributed by atoms with Crippen LogP contribution in [0.15, 0.2) is 12.1 Å². The van der Waals surface area contributed by atoms with Crippen LogP contribution in [0.2, 0.25) is 0 Å². The molecule has 0 unspecified atom stereocenters. The Bertz CT molecular complexity index is 379. The molecule has 0 aliphatic rings. The summed E-state index contributed by atoms with van der Waals surface area (Å²) in [6, 6.07) is 3.87. The van der Waals surface area contributed by atoms with E-state index < -0.39 is 7.25 Å². The largest absolute Gasteiger partial charge is 0.673 e. The highest BCUT2D eigenvalue weighted by atomic mass is 19.5. The van der Waals surface area contributed by atoms with Crippen molar-refractivity contribution in [1.82, 2.24) is 0 Å². The molecule has 0 aromatic carbocycles. The van der Waals surface area contributed by atoms with Crippen LogP contribution in [-0.4, -0.2) is 30.7 Å². The van der Waals surface area contributed by atoms with Crippen molar-refractivity contribution in [2.45, 2.75) is 26.8 Å². The van der Waals surface area contributed by atoms with Crippen LogP contribution in [0.25, 0.3) is 0 Å². The third-order valence-corrected chi connectivity index (χ3v) is 2.42. The minimum absolute atomic E-state index is 0.0358. The number of rotatable bonds is 3. The lowest BCUT2D eigenvalue weighted by molar-refractivity contribution is -0.736. The molecule has 1 aromatic rings. The molecule has 19 heavy (non-hydrogen) atoms. The Balaban J connectivity index is 0.000000555. The van der Waals surface area contributed by atoms with Gasteiger partial charge in [-0.3, -0.25) is 0 Å². The normalized spacial score (nSPS) is 11.3. The van der Waals surface area contributed by atoms with Gasteiger partial charge in [-0.05, 0) is 12.5 Å². The van der Waals surface area contributed by atoms with Crippen LogP contribution in [-0.2, 0) is 0 Å². The first-order valence-corrected chi connectivity index (χ1v) is 5.68. The maximum absolute atomic E-state index is 9.75. The molecular formula is C11H18BF4NO2. The van der Waals surface area contributed by atoms with Crippen molar-refractivity contribution in [2.75, 3.05) is 13.2 Å². The molecule has 0 bridgehead atoms. The summed E-state index contributed by atoms with van der Waals surface area (Å²) in [6.07, 6.45) is 0. The molecule has 2 N–H and O–H groups in total. The van der Waals surface area contributed by atoms with Crippen LogP contribution in [0.3, 0.4) is 0 Å². The van der Waals surface area contributed by atoms with Crippen LogP contribution in [0.4, 0.5) is 17.3 Å². The number of aliphatic hydroxyl groups excluding tert-OH is 2. The molecule has 1 aromatic heterocycles. The van der Waals surface area contributed by atoms with Crippen LogP contribution in [0.5, 0.6) is 0 Å². The molecule has 110 valence electrons. The quantitative estimate of drug-likeness (QED) is 0.504. The Morgan fingerprint density at radius 2 is 1.32 bits per heavy atom. The van der Waals surface area contributed by atoms with Crippen LogP contribution >= 0.6 is 0 Å². The van der Waals surface area contributed by atoms with Crippen molar-refractivity contribution >= 4 is 7.25 Å². The van der Waals surface area contributed by atoms with Crippen molar-refractivity contribution in [2.24, 2.45) is 0 Å². The number of pyridine rings is 1. The third-order valence-electron chi connectivity index (χ3n) is 2.42. The van der Waals surface area contributed by atoms with Gasteiger partial charge in [-0.15, -0.1) is 0 Å². The van der Waals surface area contributed by atoms with Gasteiger partial charge in [0, 0.05) is 26.0 Å². The summed E-state index contributed by atoms with van der Waals surface area (Å²) in [7, 11) is -6.00. The summed E-state index contributed by atoms with van der Waals surface area (Å²) < 4.78 is 41.0. The van der Waals surface area contributed by atoms with E-state index in [4.69, 9.17) is 10.2 Å². The second-order valence-corrected chi connectivity index (χ2v) is 4.20. The Hall–Kier alpha value is -1.15. The fraction of sp³-hybridized carbons (Fsp3) is 0.545. The van der Waals surface area contributed by atoms with Gasteiger partial charge < -0.3 is 27.5 Å². The number of nitrogens with zero attached hydrogens (tertiary/aromatic N) is 1. The minimum Gasteiger partial charge on any atom is -0.418 e. The van der Waals surface area contributed by atoms with E-state index in [2.05, 4.69) is 0 Å². The smallest absolute Gasteiger partial charge is 0.418 e. The first-order valence-electron chi connectivity index (χ1n) is 5.68. The average Bonchev–Trinajstić information content (AvgIpc) is 2.20. The minimum atomic E-state index is -6.00. The molecule has 0 aliphatic heterocycles. The first kappa shape index (κ1) is 17.9. The molecule has 0 fully saturated rings. The highest BCUT2D eigenvalue weighted by Gasteiger charge is 2.22. The van der Waals surface area contributed by atoms with Gasteiger partial charge in [0.1, 0.15) is 13.2 Å². The highest BCUT2D eigenvalue weighted by molar-refractivity contribution is 6.50. The van der Waals surface area contributed by atoms with E-state index in [1.165, 1.54) is 5.56 Å². The average molecular weight is 283 g/mol. The predicted molar refractivity (Wildman–Crippen MR) is 64.2 cm³/mol. The zero-order valence-electron chi connectivity index (χ0n) is 11.1. The number of hydrogen-bond acceptors (Lipinski definition) is 2. The zero-order chi connectivity index (χ0) is 15.2. The summed E-state index contributed by atoms with van der Waals surface area (Å²) in [5.41, 5.74) is 3.33. The molecule has 3 nitrogen and oxygen atoms in total. The Labute approximate surface area is 109 Å². The molecule has 1 heterocycles. The summed E-state index contributed by atoms with van der Waals surface area (Å²) in [5.74, 6) is 0. The highest BCUT2D eigenvalue weighted by Crippen LogP contribution is 2.07. The predicted octanol–water partition coefficient (Wildman–Crippen LogP) is 1.73. The molecule has 0 amide bonds. The van der Waals surface area contributed by atoms with Crippen molar-refractivity contribution in [3.63, 3.8) is 0 Å². The van der Waals surface area contributed by atoms with Crippen LogP contribution in [0, 0.1) is 20.8 Å². The number of aliphatic hydroxyl groups is 2. The lowest BCUT2D eigenvalue weighted by Gasteiger charge is -2.11. The Morgan fingerprint density at radius 1 is 1.00 bits per heavy atom. The molecule has 0 spiro atoms. The number of halogens is 4. The summed E-state index contributed by atoms with van der Waals surface area (Å²) >= 11 is 0. The standard InChI is InChI=1S/C11H18NO2.BF4/c1-8-4-9(2)12(10(3)5-8)11(6-13)7-14;2-1(3,4)5/h4-5,11,13-14H,6-7H2,1-3H3;/q+1;-1. The molecule has 0 atom stereocenters. The Kier molecular flexibility index (Phi) is 7.00. The molecule has 8 heteroatoms. The van der Waals surface area contributed by atoms with Crippen molar-refractivity contribution in [1.29, 1.82) is 0 Å². The lowest BCUT2D eigenvalue weighted by atomic mass is 10.1. The Morgan fingerprint density at radius 3 is 1.58 bits per heavy atom. The van der Waals surface area contributed by atoms with Gasteiger partial charge in [0.25, 0.3) is 0 Å². The van der Waals surface area contributed by atoms with Gasteiger partial charge in [0.05, 0.1) is 0 Å². The number of aromatic nitrogens is 1. The second-order valence-electron chi connectivity index (χ2n) is 4.20. The summed E-state index contributed by atoms with van der Waals surface area (Å²) in [6.45, 7) is 5.94. The van der Waals surface area contributed by atoms with E-state index in [0.29, 0.717) is 0 Å². The van der Waals surface area contributed by atoms with Crippen molar-refractivity contribution in [3.8, 4) is 0 Å².